The monoisotopic (exact) mass is 282 g/mol. The zero-order chi connectivity index (χ0) is 16.1. The molecule has 1 aliphatic carbocycles. The first-order valence-electron chi connectivity index (χ1n) is 7.66. The van der Waals surface area contributed by atoms with Gasteiger partial charge in [0.25, 0.3) is 0 Å². The van der Waals surface area contributed by atoms with Crippen molar-refractivity contribution >= 4 is 5.78 Å². The third-order valence-corrected chi connectivity index (χ3v) is 5.66. The average Bonchev–Trinajstić information content (AvgIpc) is 2.64. The van der Waals surface area contributed by atoms with Gasteiger partial charge in [-0.1, -0.05) is 0 Å². The summed E-state index contributed by atoms with van der Waals surface area (Å²) in [5, 5.41) is 0. The molecule has 0 spiro atoms. The summed E-state index contributed by atoms with van der Waals surface area (Å²) in [4.78, 5) is 12.2. The Hall–Kier alpha value is -1.63. The smallest absolute Gasteiger partial charge is 0.184 e. The number of carbonyl (C=O) groups excluding carboxylic acids is 1. The molecule has 0 saturated carbocycles. The Kier molecular flexibility index (Phi) is 3.97. The van der Waals surface area contributed by atoms with E-state index >= 15 is 0 Å². The average molecular weight is 282 g/mol. The molecule has 0 unspecified atom stereocenters. The van der Waals surface area contributed by atoms with Crippen LogP contribution in [0.2, 0.25) is 0 Å². The van der Waals surface area contributed by atoms with E-state index in [2.05, 4.69) is 41.5 Å². The van der Waals surface area contributed by atoms with E-state index in [1.54, 1.807) is 0 Å². The predicted molar refractivity (Wildman–Crippen MR) is 89.9 cm³/mol. The largest absolute Gasteiger partial charge is 0.289 e. The summed E-state index contributed by atoms with van der Waals surface area (Å²) < 4.78 is 0. The van der Waals surface area contributed by atoms with Crippen molar-refractivity contribution in [3.8, 4) is 0 Å². The van der Waals surface area contributed by atoms with Crippen LogP contribution >= 0.6 is 0 Å². The molecule has 0 fully saturated rings. The maximum Gasteiger partial charge on any atom is 0.184 e. The van der Waals surface area contributed by atoms with Crippen molar-refractivity contribution in [2.24, 2.45) is 0 Å². The second-order valence-corrected chi connectivity index (χ2v) is 6.46. The Morgan fingerprint density at radius 2 is 1.00 bits per heavy atom. The molecular weight excluding hydrogens is 256 g/mol. The van der Waals surface area contributed by atoms with Crippen molar-refractivity contribution in [3.05, 3.63) is 55.7 Å². The van der Waals surface area contributed by atoms with Crippen LogP contribution in [0.5, 0.6) is 0 Å². The first-order chi connectivity index (χ1) is 9.68. The first-order valence-corrected chi connectivity index (χ1v) is 7.66. The van der Waals surface area contributed by atoms with E-state index in [-0.39, 0.29) is 5.78 Å². The van der Waals surface area contributed by atoms with Crippen molar-refractivity contribution in [2.45, 2.75) is 61.8 Å². The van der Waals surface area contributed by atoms with Crippen molar-refractivity contribution in [3.63, 3.8) is 0 Å². The molecule has 0 bridgehead atoms. The highest BCUT2D eigenvalue weighted by atomic mass is 16.1. The SMILES string of the molecule is CC1=C(C)C(Cc2c(C)c(C)c(C)c(C)c2C)=C(C)C1=O. The minimum atomic E-state index is 0.221. The molecular formula is C20H26O. The summed E-state index contributed by atoms with van der Waals surface area (Å²) in [6.45, 7) is 17.0. The molecule has 0 aromatic heterocycles. The lowest BCUT2D eigenvalue weighted by Gasteiger charge is -2.20. The molecule has 1 nitrogen and oxygen atoms in total. The topological polar surface area (TPSA) is 17.1 Å². The number of allylic oxidation sites excluding steroid dienone is 4. The highest BCUT2D eigenvalue weighted by molar-refractivity contribution is 6.12. The van der Waals surface area contributed by atoms with E-state index in [4.69, 9.17) is 0 Å². The lowest BCUT2D eigenvalue weighted by atomic mass is 9.85. The van der Waals surface area contributed by atoms with Crippen molar-refractivity contribution in [1.29, 1.82) is 0 Å². The minimum absolute atomic E-state index is 0.221. The molecule has 0 amide bonds. The number of rotatable bonds is 2. The van der Waals surface area contributed by atoms with Gasteiger partial charge in [-0.3, -0.25) is 4.79 Å². The molecule has 1 aromatic carbocycles. The molecule has 1 aliphatic rings. The summed E-state index contributed by atoms with van der Waals surface area (Å²) in [7, 11) is 0. The molecule has 0 atom stereocenters. The lowest BCUT2D eigenvalue weighted by molar-refractivity contribution is -0.112. The van der Waals surface area contributed by atoms with Crippen LogP contribution < -0.4 is 0 Å². The Morgan fingerprint density at radius 3 is 1.38 bits per heavy atom. The van der Waals surface area contributed by atoms with Crippen LogP contribution in [-0.4, -0.2) is 5.78 Å². The van der Waals surface area contributed by atoms with Gasteiger partial charge in [-0.05, 0) is 112 Å². The molecule has 0 aliphatic heterocycles. The fraction of sp³-hybridized carbons (Fsp3) is 0.450. The minimum Gasteiger partial charge on any atom is -0.289 e. The van der Waals surface area contributed by atoms with Gasteiger partial charge < -0.3 is 0 Å². The summed E-state index contributed by atoms with van der Waals surface area (Å²) >= 11 is 0. The quantitative estimate of drug-likeness (QED) is 0.745. The van der Waals surface area contributed by atoms with E-state index in [0.29, 0.717) is 0 Å². The van der Waals surface area contributed by atoms with Gasteiger partial charge in [-0.2, -0.15) is 0 Å². The van der Waals surface area contributed by atoms with Gasteiger partial charge in [-0.25, -0.2) is 0 Å². The standard InChI is InChI=1S/C20H26O/c1-10-11(2)13(4)18(14(5)12(10)3)9-19-15(6)16(7)20(21)17(19)8/h9H2,1-8H3. The molecule has 0 radical (unpaired) electrons. The molecule has 1 heteroatoms. The summed E-state index contributed by atoms with van der Waals surface area (Å²) in [5.41, 5.74) is 12.6. The van der Waals surface area contributed by atoms with Gasteiger partial charge in [0.15, 0.2) is 5.78 Å². The summed E-state index contributed by atoms with van der Waals surface area (Å²) in [6, 6.07) is 0. The molecule has 112 valence electrons. The molecule has 0 N–H and O–H groups in total. The highest BCUT2D eigenvalue weighted by Crippen LogP contribution is 2.34. The second-order valence-electron chi connectivity index (χ2n) is 6.46. The molecule has 2 rings (SSSR count). The molecule has 0 saturated heterocycles. The Morgan fingerprint density at radius 1 is 0.571 bits per heavy atom. The van der Waals surface area contributed by atoms with E-state index in [9.17, 15) is 4.79 Å². The van der Waals surface area contributed by atoms with E-state index in [1.165, 1.54) is 44.5 Å². The maximum absolute atomic E-state index is 12.2. The third-order valence-electron chi connectivity index (χ3n) is 5.66. The molecule has 1 aromatic rings. The van der Waals surface area contributed by atoms with Crippen LogP contribution in [-0.2, 0) is 11.2 Å². The number of ketones is 1. The predicted octanol–water partition coefficient (Wildman–Crippen LogP) is 5.01. The number of hydrogen-bond donors (Lipinski definition) is 0. The van der Waals surface area contributed by atoms with Crippen LogP contribution in [0.4, 0.5) is 0 Å². The summed E-state index contributed by atoms with van der Waals surface area (Å²) in [6.07, 6.45) is 0.875. The summed E-state index contributed by atoms with van der Waals surface area (Å²) in [5.74, 6) is 0.221. The van der Waals surface area contributed by atoms with E-state index in [0.717, 1.165) is 17.6 Å². The van der Waals surface area contributed by atoms with Crippen LogP contribution in [0.15, 0.2) is 22.3 Å². The first kappa shape index (κ1) is 15.8. The van der Waals surface area contributed by atoms with Gasteiger partial charge >= 0.3 is 0 Å². The van der Waals surface area contributed by atoms with Crippen molar-refractivity contribution < 1.29 is 4.79 Å². The van der Waals surface area contributed by atoms with Gasteiger partial charge in [0.2, 0.25) is 0 Å². The Labute approximate surface area is 128 Å². The zero-order valence-corrected chi connectivity index (χ0v) is 14.6. The van der Waals surface area contributed by atoms with Gasteiger partial charge in [0, 0.05) is 5.57 Å². The van der Waals surface area contributed by atoms with Crippen molar-refractivity contribution in [1.82, 2.24) is 0 Å². The van der Waals surface area contributed by atoms with Gasteiger partial charge in [-0.15, -0.1) is 0 Å². The zero-order valence-electron chi connectivity index (χ0n) is 14.6. The molecule has 0 heterocycles. The third kappa shape index (κ3) is 2.29. The maximum atomic E-state index is 12.2. The van der Waals surface area contributed by atoms with Crippen LogP contribution in [0.3, 0.4) is 0 Å². The van der Waals surface area contributed by atoms with Gasteiger partial charge in [0.1, 0.15) is 0 Å². The van der Waals surface area contributed by atoms with Crippen LogP contribution in [0.1, 0.15) is 54.2 Å². The Bertz CT molecular complexity index is 683. The van der Waals surface area contributed by atoms with Crippen LogP contribution in [0.25, 0.3) is 0 Å². The van der Waals surface area contributed by atoms with Crippen LogP contribution in [0, 0.1) is 34.6 Å². The van der Waals surface area contributed by atoms with E-state index in [1.807, 2.05) is 13.8 Å². The second kappa shape index (κ2) is 5.29. The fourth-order valence-corrected chi connectivity index (χ4v) is 3.38. The number of benzene rings is 1. The lowest BCUT2D eigenvalue weighted by Crippen LogP contribution is -2.05. The number of carbonyl (C=O) groups is 1. The number of hydrogen-bond acceptors (Lipinski definition) is 1. The van der Waals surface area contributed by atoms with Crippen molar-refractivity contribution in [2.75, 3.05) is 0 Å². The van der Waals surface area contributed by atoms with E-state index < -0.39 is 0 Å². The van der Waals surface area contributed by atoms with Gasteiger partial charge in [0.05, 0.1) is 0 Å². The highest BCUT2D eigenvalue weighted by Gasteiger charge is 2.25. The normalized spacial score (nSPS) is 15.5. The fourth-order valence-electron chi connectivity index (χ4n) is 3.38. The Balaban J connectivity index is 2.59. The molecule has 21 heavy (non-hydrogen) atoms. The number of Topliss-reactive ketones (excluding diaryl/α,β-unsaturated/α-hetero) is 1.